The van der Waals surface area contributed by atoms with Gasteiger partial charge in [0.2, 0.25) is 5.71 Å². The van der Waals surface area contributed by atoms with Gasteiger partial charge in [-0.3, -0.25) is 10.1 Å². The van der Waals surface area contributed by atoms with Crippen LogP contribution in [0.5, 0.6) is 0 Å². The minimum absolute atomic E-state index is 0.0174. The molecular formula is C23H31N3O4Si. The maximum absolute atomic E-state index is 11.8. The van der Waals surface area contributed by atoms with Crippen LogP contribution < -0.4 is 5.32 Å². The fraction of sp³-hybridized carbons (Fsp3) is 0.435. The molecule has 0 saturated heterocycles. The van der Waals surface area contributed by atoms with E-state index in [0.29, 0.717) is 17.8 Å². The van der Waals surface area contributed by atoms with Crippen LogP contribution in [0.3, 0.4) is 0 Å². The summed E-state index contributed by atoms with van der Waals surface area (Å²) in [6.45, 7) is 14.4. The summed E-state index contributed by atoms with van der Waals surface area (Å²) in [7, 11) is -2.14. The second-order valence-electron chi connectivity index (χ2n) is 9.18. The molecule has 0 aliphatic carbocycles. The molecule has 3 aromatic rings. The summed E-state index contributed by atoms with van der Waals surface area (Å²) in [5, 5.41) is 16.0. The Hall–Kier alpha value is -2.55. The van der Waals surface area contributed by atoms with E-state index in [4.69, 9.17) is 8.84 Å². The molecule has 1 aromatic carbocycles. The number of nitrogens with zero attached hydrogens (tertiary/aromatic N) is 2. The molecule has 2 heterocycles. The molecule has 0 bridgehead atoms. The predicted molar refractivity (Wildman–Crippen MR) is 126 cm³/mol. The monoisotopic (exact) mass is 441 g/mol. The summed E-state index contributed by atoms with van der Waals surface area (Å²) in [6, 6.07) is 8.61. The van der Waals surface area contributed by atoms with Gasteiger partial charge in [0, 0.05) is 35.3 Å². The minimum atomic E-state index is -2.14. The molecule has 31 heavy (non-hydrogen) atoms. The van der Waals surface area contributed by atoms with Gasteiger partial charge in [0.15, 0.2) is 8.32 Å². The predicted octanol–water partition coefficient (Wildman–Crippen LogP) is 6.08. The molecule has 0 radical (unpaired) electrons. The number of benzene rings is 1. The molecule has 0 aliphatic rings. The number of rotatable bonds is 8. The molecule has 7 nitrogen and oxygen atoms in total. The summed E-state index contributed by atoms with van der Waals surface area (Å²) in [5.74, 6) is 0. The molecule has 8 heteroatoms. The van der Waals surface area contributed by atoms with Gasteiger partial charge in [0.25, 0.3) is 5.69 Å². The largest absolute Gasteiger partial charge is 0.446 e. The molecule has 0 fully saturated rings. The van der Waals surface area contributed by atoms with Crippen LogP contribution in [0.25, 0.3) is 22.2 Å². The summed E-state index contributed by atoms with van der Waals surface area (Å²) < 4.78 is 12.3. The van der Waals surface area contributed by atoms with Gasteiger partial charge < -0.3 is 14.2 Å². The van der Waals surface area contributed by atoms with E-state index in [1.807, 2.05) is 19.1 Å². The summed E-state index contributed by atoms with van der Waals surface area (Å²) in [6.07, 6.45) is 3.00. The number of nitro benzene ring substituents is 1. The minimum Gasteiger partial charge on any atom is -0.446 e. The van der Waals surface area contributed by atoms with Crippen LogP contribution in [0.15, 0.2) is 47.2 Å². The Morgan fingerprint density at radius 2 is 1.97 bits per heavy atom. The quantitative estimate of drug-likeness (QED) is 0.259. The Bertz CT molecular complexity index is 1070. The lowest BCUT2D eigenvalue weighted by molar-refractivity contribution is -0.384. The highest BCUT2D eigenvalue weighted by molar-refractivity contribution is 6.74. The second-order valence-corrected chi connectivity index (χ2v) is 13.9. The van der Waals surface area contributed by atoms with Crippen molar-refractivity contribution in [1.29, 1.82) is 0 Å². The van der Waals surface area contributed by atoms with E-state index in [0.717, 1.165) is 23.1 Å². The zero-order valence-electron chi connectivity index (χ0n) is 19.1. The van der Waals surface area contributed by atoms with Crippen molar-refractivity contribution < 1.29 is 13.8 Å². The van der Waals surface area contributed by atoms with Gasteiger partial charge in [-0.15, -0.1) is 0 Å². The van der Waals surface area contributed by atoms with E-state index < -0.39 is 8.32 Å². The van der Waals surface area contributed by atoms with E-state index in [1.165, 1.54) is 6.07 Å². The van der Waals surface area contributed by atoms with E-state index in [2.05, 4.69) is 44.2 Å². The molecule has 1 unspecified atom stereocenters. The van der Waals surface area contributed by atoms with Crippen LogP contribution in [0, 0.1) is 10.1 Å². The van der Waals surface area contributed by atoms with E-state index in [1.54, 1.807) is 24.6 Å². The first-order chi connectivity index (χ1) is 14.6. The van der Waals surface area contributed by atoms with Crippen molar-refractivity contribution in [2.75, 3.05) is 13.1 Å². The van der Waals surface area contributed by atoms with Crippen molar-refractivity contribution in [3.05, 3.63) is 58.5 Å². The van der Waals surface area contributed by atoms with Crippen molar-refractivity contribution >= 4 is 25.1 Å². The van der Waals surface area contributed by atoms with Gasteiger partial charge in [-0.25, -0.2) is 4.98 Å². The molecule has 0 spiro atoms. The Balaban J connectivity index is 2.25. The topological polar surface area (TPSA) is 90.4 Å². The third-order valence-electron chi connectivity index (χ3n) is 6.06. The van der Waals surface area contributed by atoms with Gasteiger partial charge in [0.05, 0.1) is 22.9 Å². The molecule has 3 rings (SSSR count). The van der Waals surface area contributed by atoms with Crippen molar-refractivity contribution in [1.82, 2.24) is 10.3 Å². The smallest absolute Gasteiger partial charge is 0.277 e. The van der Waals surface area contributed by atoms with Crippen LogP contribution in [0.4, 0.5) is 5.69 Å². The third-order valence-corrected chi connectivity index (χ3v) is 10.5. The Morgan fingerprint density at radius 3 is 2.61 bits per heavy atom. The fourth-order valence-corrected chi connectivity index (χ4v) is 4.63. The summed E-state index contributed by atoms with van der Waals surface area (Å²) >= 11 is 0. The third kappa shape index (κ3) is 4.71. The molecule has 1 N–H and O–H groups in total. The average molecular weight is 442 g/mol. The second kappa shape index (κ2) is 8.90. The van der Waals surface area contributed by atoms with Gasteiger partial charge in [-0.2, -0.15) is 0 Å². The van der Waals surface area contributed by atoms with Crippen LogP contribution in [-0.2, 0) is 4.43 Å². The molecule has 0 amide bonds. The Labute approximate surface area is 184 Å². The lowest BCUT2D eigenvalue weighted by atomic mass is 9.94. The van der Waals surface area contributed by atoms with Crippen LogP contribution in [0.2, 0.25) is 18.1 Å². The lowest BCUT2D eigenvalue weighted by Crippen LogP contribution is -2.43. The number of nitrogens with one attached hydrogen (secondary N) is 1. The maximum atomic E-state index is 11.8. The van der Waals surface area contributed by atoms with Crippen LogP contribution in [-0.4, -0.2) is 31.3 Å². The number of pyridine rings is 1. The molecular weight excluding hydrogens is 410 g/mol. The number of likely N-dealkylation sites (N-methyl/N-ethyl adjacent to an activating group) is 1. The number of aromatic nitrogens is 1. The zero-order valence-corrected chi connectivity index (χ0v) is 20.1. The Kier molecular flexibility index (Phi) is 6.64. The Morgan fingerprint density at radius 1 is 1.26 bits per heavy atom. The normalized spacial score (nSPS) is 13.5. The van der Waals surface area contributed by atoms with E-state index in [9.17, 15) is 10.1 Å². The molecule has 0 saturated carbocycles. The number of hydrogen-bond acceptors (Lipinski definition) is 6. The highest BCUT2D eigenvalue weighted by Crippen LogP contribution is 2.44. The van der Waals surface area contributed by atoms with Gasteiger partial charge in [-0.05, 0) is 36.8 Å². The number of hydrogen-bond donors (Lipinski definition) is 1. The zero-order chi connectivity index (χ0) is 22.8. The fourth-order valence-electron chi connectivity index (χ4n) is 3.35. The summed E-state index contributed by atoms with van der Waals surface area (Å²) in [5.41, 5.74) is 2.61. The van der Waals surface area contributed by atoms with Crippen molar-refractivity contribution in [3.63, 3.8) is 0 Å². The van der Waals surface area contributed by atoms with E-state index in [-0.39, 0.29) is 21.8 Å². The lowest BCUT2D eigenvalue weighted by Gasteiger charge is -2.39. The number of para-hydroxylation sites is 1. The average Bonchev–Trinajstić information content (AvgIpc) is 3.18. The van der Waals surface area contributed by atoms with E-state index >= 15 is 0 Å². The molecule has 1 atom stereocenters. The first-order valence-corrected chi connectivity index (χ1v) is 13.5. The van der Waals surface area contributed by atoms with Crippen LogP contribution in [0.1, 0.15) is 39.4 Å². The molecule has 166 valence electrons. The van der Waals surface area contributed by atoms with Gasteiger partial charge in [0.1, 0.15) is 0 Å². The molecule has 2 aromatic heterocycles. The van der Waals surface area contributed by atoms with Crippen molar-refractivity contribution in [3.8, 4) is 11.1 Å². The molecule has 0 aliphatic heterocycles. The van der Waals surface area contributed by atoms with Gasteiger partial charge >= 0.3 is 0 Å². The highest BCUT2D eigenvalue weighted by atomic mass is 28.4. The van der Waals surface area contributed by atoms with Gasteiger partial charge in [-0.1, -0.05) is 39.8 Å². The van der Waals surface area contributed by atoms with Crippen molar-refractivity contribution in [2.24, 2.45) is 0 Å². The first kappa shape index (κ1) is 23.1. The number of nitro groups is 1. The van der Waals surface area contributed by atoms with Crippen molar-refractivity contribution in [2.45, 2.75) is 51.9 Å². The number of fused-ring (bicyclic) bond motifs is 1. The highest BCUT2D eigenvalue weighted by Gasteiger charge is 2.40. The standard InChI is InChI=1S/C23H31N3O4Si/c1-7-24-15-20(30-31(5,6)23(2,3)4)18-14-25-22-17(12-13-29-22)21(18)16-10-8-9-11-19(16)26(27)28/h8-14,20,24H,7,15H2,1-6H3. The maximum Gasteiger partial charge on any atom is 0.277 e. The first-order valence-electron chi connectivity index (χ1n) is 10.5. The SMILES string of the molecule is CCNCC(O[Si](C)(C)C(C)(C)C)c1cnc2occc2c1-c1ccccc1[N+](=O)[O-]. The van der Waals surface area contributed by atoms with Crippen LogP contribution >= 0.6 is 0 Å². The summed E-state index contributed by atoms with van der Waals surface area (Å²) in [4.78, 5) is 16.0. The number of furan rings is 1.